The van der Waals surface area contributed by atoms with E-state index in [2.05, 4.69) is 29.2 Å². The normalized spacial score (nSPS) is 11.2. The van der Waals surface area contributed by atoms with Crippen molar-refractivity contribution < 1.29 is 4.79 Å². The Hall–Kier alpha value is -4.57. The summed E-state index contributed by atoms with van der Waals surface area (Å²) in [5, 5.41) is 4.01. The molecule has 0 fully saturated rings. The minimum Gasteiger partial charge on any atom is -0.292 e. The standard InChI is InChI=1S/C31H23N3O/c1-2-34(30-25-14-8-6-12-22(25)18-19-32-30)31(35)26-17-16-24(21-10-4-3-5-11-21)27-20-23-13-7-9-15-28(23)33-29(26)27/h3-20H,2H2,1H3. The van der Waals surface area contributed by atoms with Gasteiger partial charge in [-0.2, -0.15) is 0 Å². The molecule has 2 aromatic heterocycles. The number of carbonyl (C=O) groups is 1. The van der Waals surface area contributed by atoms with Crippen molar-refractivity contribution in [2.75, 3.05) is 11.4 Å². The van der Waals surface area contributed by atoms with Crippen molar-refractivity contribution in [1.82, 2.24) is 9.97 Å². The maximum atomic E-state index is 14.1. The first-order valence-corrected chi connectivity index (χ1v) is 11.8. The topological polar surface area (TPSA) is 46.1 Å². The fourth-order valence-electron chi connectivity index (χ4n) is 4.76. The van der Waals surface area contributed by atoms with Gasteiger partial charge in [0.1, 0.15) is 5.82 Å². The molecular formula is C31H23N3O. The van der Waals surface area contributed by atoms with Crippen molar-refractivity contribution in [3.8, 4) is 11.1 Å². The SMILES string of the molecule is CCN(C(=O)c1ccc(-c2ccccc2)c2cc3ccccc3nc12)c1nccc2ccccc12. The average molecular weight is 454 g/mol. The van der Waals surface area contributed by atoms with E-state index in [1.807, 2.05) is 85.8 Å². The Bertz CT molecular complexity index is 1700. The van der Waals surface area contributed by atoms with Gasteiger partial charge in [0.15, 0.2) is 0 Å². The number of nitrogens with zero attached hydrogens (tertiary/aromatic N) is 3. The number of rotatable bonds is 4. The second kappa shape index (κ2) is 8.65. The molecule has 0 saturated heterocycles. The van der Waals surface area contributed by atoms with Crippen LogP contribution in [-0.2, 0) is 0 Å². The minimum atomic E-state index is -0.108. The van der Waals surface area contributed by atoms with Gasteiger partial charge in [-0.1, -0.05) is 78.9 Å². The van der Waals surface area contributed by atoms with Crippen molar-refractivity contribution in [1.29, 1.82) is 0 Å². The number of benzene rings is 4. The van der Waals surface area contributed by atoms with Gasteiger partial charge < -0.3 is 0 Å². The van der Waals surface area contributed by atoms with E-state index in [0.29, 0.717) is 23.4 Å². The van der Waals surface area contributed by atoms with E-state index in [9.17, 15) is 4.79 Å². The number of hydrogen-bond acceptors (Lipinski definition) is 3. The molecule has 0 bridgehead atoms. The first kappa shape index (κ1) is 21.0. The lowest BCUT2D eigenvalue weighted by Gasteiger charge is -2.22. The largest absolute Gasteiger partial charge is 0.292 e. The van der Waals surface area contributed by atoms with Gasteiger partial charge in [-0.05, 0) is 47.7 Å². The molecule has 0 spiro atoms. The van der Waals surface area contributed by atoms with Crippen LogP contribution >= 0.6 is 0 Å². The number of fused-ring (bicyclic) bond motifs is 3. The summed E-state index contributed by atoms with van der Waals surface area (Å²) in [6.07, 6.45) is 1.76. The van der Waals surface area contributed by atoms with E-state index in [1.54, 1.807) is 11.1 Å². The van der Waals surface area contributed by atoms with Gasteiger partial charge in [-0.3, -0.25) is 9.69 Å². The fraction of sp³-hybridized carbons (Fsp3) is 0.0645. The first-order chi connectivity index (χ1) is 17.2. The van der Waals surface area contributed by atoms with Crippen molar-refractivity contribution in [3.63, 3.8) is 0 Å². The molecule has 4 aromatic carbocycles. The maximum Gasteiger partial charge on any atom is 0.261 e. The van der Waals surface area contributed by atoms with E-state index in [-0.39, 0.29) is 5.91 Å². The van der Waals surface area contributed by atoms with E-state index >= 15 is 0 Å². The lowest BCUT2D eigenvalue weighted by molar-refractivity contribution is 0.0989. The smallest absolute Gasteiger partial charge is 0.261 e. The summed E-state index contributed by atoms with van der Waals surface area (Å²) >= 11 is 0. The highest BCUT2D eigenvalue weighted by molar-refractivity contribution is 6.18. The Labute approximate surface area is 203 Å². The summed E-state index contributed by atoms with van der Waals surface area (Å²) < 4.78 is 0. The number of carbonyl (C=O) groups excluding carboxylic acids is 1. The molecule has 0 N–H and O–H groups in total. The van der Waals surface area contributed by atoms with Gasteiger partial charge in [0.25, 0.3) is 5.91 Å². The average Bonchev–Trinajstić information content (AvgIpc) is 2.92. The van der Waals surface area contributed by atoms with Gasteiger partial charge in [-0.15, -0.1) is 0 Å². The molecule has 6 aromatic rings. The fourth-order valence-corrected chi connectivity index (χ4v) is 4.76. The Balaban J connectivity index is 1.58. The van der Waals surface area contributed by atoms with Crippen LogP contribution in [0.3, 0.4) is 0 Å². The lowest BCUT2D eigenvalue weighted by Crippen LogP contribution is -2.31. The number of pyridine rings is 2. The van der Waals surface area contributed by atoms with Crippen LogP contribution in [0.25, 0.3) is 43.7 Å². The molecular weight excluding hydrogens is 430 g/mol. The van der Waals surface area contributed by atoms with Crippen LogP contribution in [-0.4, -0.2) is 22.4 Å². The van der Waals surface area contributed by atoms with Gasteiger partial charge in [0.2, 0.25) is 0 Å². The zero-order valence-corrected chi connectivity index (χ0v) is 19.3. The summed E-state index contributed by atoms with van der Waals surface area (Å²) in [7, 11) is 0. The van der Waals surface area contributed by atoms with Crippen LogP contribution in [0, 0.1) is 0 Å². The maximum absolute atomic E-state index is 14.1. The van der Waals surface area contributed by atoms with E-state index in [4.69, 9.17) is 4.98 Å². The zero-order chi connectivity index (χ0) is 23.8. The second-order valence-corrected chi connectivity index (χ2v) is 8.51. The molecule has 0 aliphatic heterocycles. The van der Waals surface area contributed by atoms with Crippen LogP contribution in [0.1, 0.15) is 17.3 Å². The Morgan fingerprint density at radius 1 is 0.771 bits per heavy atom. The summed E-state index contributed by atoms with van der Waals surface area (Å²) in [6.45, 7) is 2.47. The molecule has 0 aliphatic rings. The van der Waals surface area contributed by atoms with Crippen LogP contribution in [0.5, 0.6) is 0 Å². The van der Waals surface area contributed by atoms with Gasteiger partial charge in [-0.25, -0.2) is 9.97 Å². The molecule has 4 nitrogen and oxygen atoms in total. The number of hydrogen-bond donors (Lipinski definition) is 0. The van der Waals surface area contributed by atoms with Crippen LogP contribution in [0.15, 0.2) is 109 Å². The van der Waals surface area contributed by atoms with Crippen LogP contribution in [0.2, 0.25) is 0 Å². The lowest BCUT2D eigenvalue weighted by atomic mass is 9.96. The quantitative estimate of drug-likeness (QED) is 0.264. The second-order valence-electron chi connectivity index (χ2n) is 8.51. The van der Waals surface area contributed by atoms with Gasteiger partial charge >= 0.3 is 0 Å². The number of aromatic nitrogens is 2. The monoisotopic (exact) mass is 453 g/mol. The summed E-state index contributed by atoms with van der Waals surface area (Å²) in [6, 6.07) is 34.3. The summed E-state index contributed by atoms with van der Waals surface area (Å²) in [4.78, 5) is 25.4. The van der Waals surface area contributed by atoms with Crippen LogP contribution < -0.4 is 4.90 Å². The number of anilines is 1. The molecule has 0 saturated carbocycles. The minimum absolute atomic E-state index is 0.108. The highest BCUT2D eigenvalue weighted by atomic mass is 16.2. The molecule has 2 heterocycles. The Kier molecular flexibility index (Phi) is 5.19. The molecule has 0 radical (unpaired) electrons. The zero-order valence-electron chi connectivity index (χ0n) is 19.3. The molecule has 0 atom stereocenters. The van der Waals surface area contributed by atoms with Crippen molar-refractivity contribution in [3.05, 3.63) is 115 Å². The molecule has 0 unspecified atom stereocenters. The molecule has 35 heavy (non-hydrogen) atoms. The third-order valence-corrected chi connectivity index (χ3v) is 6.47. The Morgan fingerprint density at radius 3 is 2.34 bits per heavy atom. The van der Waals surface area contributed by atoms with Crippen LogP contribution in [0.4, 0.5) is 5.82 Å². The predicted octanol–water partition coefficient (Wildman–Crippen LogP) is 7.27. The predicted molar refractivity (Wildman–Crippen MR) is 144 cm³/mol. The summed E-state index contributed by atoms with van der Waals surface area (Å²) in [5.41, 5.74) is 4.29. The number of para-hydroxylation sites is 1. The molecule has 0 aliphatic carbocycles. The van der Waals surface area contributed by atoms with E-state index in [0.717, 1.165) is 38.2 Å². The first-order valence-electron chi connectivity index (χ1n) is 11.8. The van der Waals surface area contributed by atoms with Crippen molar-refractivity contribution in [2.24, 2.45) is 0 Å². The van der Waals surface area contributed by atoms with E-state index in [1.165, 1.54) is 0 Å². The third-order valence-electron chi connectivity index (χ3n) is 6.47. The molecule has 6 rings (SSSR count). The molecule has 168 valence electrons. The number of amides is 1. The molecule has 1 amide bonds. The highest BCUT2D eigenvalue weighted by Crippen LogP contribution is 2.34. The van der Waals surface area contributed by atoms with E-state index < -0.39 is 0 Å². The van der Waals surface area contributed by atoms with Gasteiger partial charge in [0.05, 0.1) is 16.6 Å². The van der Waals surface area contributed by atoms with Crippen molar-refractivity contribution >= 4 is 44.3 Å². The Morgan fingerprint density at radius 2 is 1.51 bits per heavy atom. The van der Waals surface area contributed by atoms with Gasteiger partial charge in [0, 0.05) is 28.9 Å². The third kappa shape index (κ3) is 3.60. The highest BCUT2D eigenvalue weighted by Gasteiger charge is 2.23. The molecule has 4 heteroatoms. The summed E-state index contributed by atoms with van der Waals surface area (Å²) in [5.74, 6) is 0.556. The van der Waals surface area contributed by atoms with Crippen molar-refractivity contribution in [2.45, 2.75) is 6.92 Å².